The number of piperazine rings is 1. The lowest BCUT2D eigenvalue weighted by Gasteiger charge is -2.37. The Balaban J connectivity index is 0.00000261. The molecule has 0 saturated carbocycles. The Morgan fingerprint density at radius 3 is 2.56 bits per heavy atom. The summed E-state index contributed by atoms with van der Waals surface area (Å²) in [5.41, 5.74) is 4.86. The highest BCUT2D eigenvalue weighted by Crippen LogP contribution is 2.18. The number of hydrogen-bond donors (Lipinski definition) is 1. The molecule has 3 rings (SSSR count). The second kappa shape index (κ2) is 10.5. The standard InChI is InChI=1S/C21H29N5.HI/c1-4-22-21(24-16-20-18(3)8-6-10-23-20)26-13-11-25(12-14-26)19-9-5-7-17(2)15-19;/h5-10,15H,4,11-14,16H2,1-3H3,(H,22,24);1H. The Labute approximate surface area is 179 Å². The summed E-state index contributed by atoms with van der Waals surface area (Å²) in [7, 11) is 0. The van der Waals surface area contributed by atoms with Crippen molar-refractivity contribution in [1.29, 1.82) is 0 Å². The van der Waals surface area contributed by atoms with Gasteiger partial charge in [0, 0.05) is 44.6 Å². The summed E-state index contributed by atoms with van der Waals surface area (Å²) in [6, 6.07) is 12.8. The lowest BCUT2D eigenvalue weighted by Crippen LogP contribution is -2.52. The predicted molar refractivity (Wildman–Crippen MR) is 124 cm³/mol. The SMILES string of the molecule is CCNC(=NCc1ncccc1C)N1CCN(c2cccc(C)c2)CC1.I. The van der Waals surface area contributed by atoms with Gasteiger partial charge in [-0.3, -0.25) is 4.98 Å². The summed E-state index contributed by atoms with van der Waals surface area (Å²) in [5.74, 6) is 0.987. The second-order valence-corrected chi connectivity index (χ2v) is 6.75. The fourth-order valence-corrected chi connectivity index (χ4v) is 3.26. The zero-order valence-corrected chi connectivity index (χ0v) is 18.8. The molecule has 1 aromatic heterocycles. The van der Waals surface area contributed by atoms with Crippen LogP contribution in [0.15, 0.2) is 47.6 Å². The number of hydrogen-bond acceptors (Lipinski definition) is 3. The third-order valence-corrected chi connectivity index (χ3v) is 4.78. The van der Waals surface area contributed by atoms with Crippen molar-refractivity contribution in [1.82, 2.24) is 15.2 Å². The zero-order valence-electron chi connectivity index (χ0n) is 16.5. The van der Waals surface area contributed by atoms with Crippen LogP contribution in [0.5, 0.6) is 0 Å². The lowest BCUT2D eigenvalue weighted by atomic mass is 10.2. The molecule has 0 spiro atoms. The first kappa shape index (κ1) is 21.5. The Kier molecular flexibility index (Phi) is 8.34. The number of nitrogens with one attached hydrogen (secondary N) is 1. The summed E-state index contributed by atoms with van der Waals surface area (Å²) >= 11 is 0. The minimum Gasteiger partial charge on any atom is -0.368 e. The highest BCUT2D eigenvalue weighted by Gasteiger charge is 2.20. The van der Waals surface area contributed by atoms with E-state index in [1.54, 1.807) is 0 Å². The van der Waals surface area contributed by atoms with E-state index in [9.17, 15) is 0 Å². The van der Waals surface area contributed by atoms with Gasteiger partial charge in [-0.25, -0.2) is 4.99 Å². The molecule has 1 aliphatic rings. The van der Waals surface area contributed by atoms with E-state index in [4.69, 9.17) is 4.99 Å². The second-order valence-electron chi connectivity index (χ2n) is 6.75. The number of halogens is 1. The van der Waals surface area contributed by atoms with Crippen molar-refractivity contribution in [3.05, 3.63) is 59.4 Å². The van der Waals surface area contributed by atoms with Crippen LogP contribution in [0.25, 0.3) is 0 Å². The van der Waals surface area contributed by atoms with Gasteiger partial charge in [0.05, 0.1) is 12.2 Å². The van der Waals surface area contributed by atoms with Crippen molar-refractivity contribution in [3.8, 4) is 0 Å². The van der Waals surface area contributed by atoms with Gasteiger partial charge in [-0.15, -0.1) is 24.0 Å². The normalized spacial score (nSPS) is 14.7. The van der Waals surface area contributed by atoms with Gasteiger partial charge in [0.1, 0.15) is 0 Å². The number of benzene rings is 1. The van der Waals surface area contributed by atoms with Crippen LogP contribution in [0.2, 0.25) is 0 Å². The topological polar surface area (TPSA) is 43.8 Å². The van der Waals surface area contributed by atoms with Crippen LogP contribution in [-0.4, -0.2) is 48.6 Å². The Morgan fingerprint density at radius 2 is 1.89 bits per heavy atom. The quantitative estimate of drug-likeness (QED) is 0.414. The molecule has 1 aromatic carbocycles. The summed E-state index contributed by atoms with van der Waals surface area (Å²) in [6.07, 6.45) is 1.84. The molecular weight excluding hydrogens is 449 g/mol. The first-order valence-electron chi connectivity index (χ1n) is 9.42. The summed E-state index contributed by atoms with van der Waals surface area (Å²) < 4.78 is 0. The molecule has 0 bridgehead atoms. The molecule has 0 atom stereocenters. The van der Waals surface area contributed by atoms with E-state index in [0.717, 1.165) is 44.4 Å². The van der Waals surface area contributed by atoms with Crippen molar-refractivity contribution < 1.29 is 0 Å². The molecule has 1 aliphatic heterocycles. The number of pyridine rings is 1. The average molecular weight is 479 g/mol. The molecule has 1 saturated heterocycles. The molecule has 0 aliphatic carbocycles. The molecule has 146 valence electrons. The van der Waals surface area contributed by atoms with Crippen molar-refractivity contribution >= 4 is 35.6 Å². The van der Waals surface area contributed by atoms with Gasteiger partial charge < -0.3 is 15.1 Å². The third-order valence-electron chi connectivity index (χ3n) is 4.78. The number of guanidine groups is 1. The van der Waals surface area contributed by atoms with Gasteiger partial charge in [-0.2, -0.15) is 0 Å². The summed E-state index contributed by atoms with van der Waals surface area (Å²) in [5, 5.41) is 3.44. The molecule has 2 heterocycles. The van der Waals surface area contributed by atoms with Gasteiger partial charge in [0.2, 0.25) is 0 Å². The smallest absolute Gasteiger partial charge is 0.194 e. The third kappa shape index (κ3) is 5.82. The molecular formula is C21H30IN5. The fourth-order valence-electron chi connectivity index (χ4n) is 3.26. The number of rotatable bonds is 4. The van der Waals surface area contributed by atoms with E-state index in [1.165, 1.54) is 16.8 Å². The van der Waals surface area contributed by atoms with E-state index in [0.29, 0.717) is 6.54 Å². The number of aryl methyl sites for hydroxylation is 2. The Morgan fingerprint density at radius 1 is 1.11 bits per heavy atom. The number of nitrogens with zero attached hydrogens (tertiary/aromatic N) is 4. The lowest BCUT2D eigenvalue weighted by molar-refractivity contribution is 0.372. The molecule has 1 fully saturated rings. The number of aromatic nitrogens is 1. The molecule has 1 N–H and O–H groups in total. The molecule has 27 heavy (non-hydrogen) atoms. The van der Waals surface area contributed by atoms with E-state index in [1.807, 2.05) is 12.3 Å². The fraction of sp³-hybridized carbons (Fsp3) is 0.429. The van der Waals surface area contributed by atoms with Gasteiger partial charge in [-0.1, -0.05) is 18.2 Å². The molecule has 6 heteroatoms. The maximum atomic E-state index is 4.83. The predicted octanol–water partition coefficient (Wildman–Crippen LogP) is 3.60. The molecule has 2 aromatic rings. The van der Waals surface area contributed by atoms with Crippen LogP contribution in [-0.2, 0) is 6.54 Å². The summed E-state index contributed by atoms with van der Waals surface area (Å²) in [6.45, 7) is 11.8. The zero-order chi connectivity index (χ0) is 18.4. The Hall–Kier alpha value is -1.83. The molecule has 0 unspecified atom stereocenters. The molecule has 5 nitrogen and oxygen atoms in total. The van der Waals surface area contributed by atoms with Crippen LogP contribution in [0.3, 0.4) is 0 Å². The van der Waals surface area contributed by atoms with Gasteiger partial charge in [-0.05, 0) is 50.1 Å². The van der Waals surface area contributed by atoms with E-state index < -0.39 is 0 Å². The maximum Gasteiger partial charge on any atom is 0.194 e. The first-order valence-corrected chi connectivity index (χ1v) is 9.42. The van der Waals surface area contributed by atoms with Gasteiger partial charge in [0.25, 0.3) is 0 Å². The van der Waals surface area contributed by atoms with Crippen molar-refractivity contribution in [2.45, 2.75) is 27.3 Å². The first-order chi connectivity index (χ1) is 12.7. The number of aliphatic imine (C=N–C) groups is 1. The van der Waals surface area contributed by atoms with Crippen LogP contribution in [0, 0.1) is 13.8 Å². The average Bonchev–Trinajstić information content (AvgIpc) is 2.66. The monoisotopic (exact) mass is 479 g/mol. The highest BCUT2D eigenvalue weighted by molar-refractivity contribution is 14.0. The highest BCUT2D eigenvalue weighted by atomic mass is 127. The van der Waals surface area contributed by atoms with Crippen LogP contribution in [0.4, 0.5) is 5.69 Å². The van der Waals surface area contributed by atoms with Gasteiger partial charge >= 0.3 is 0 Å². The van der Waals surface area contributed by atoms with Gasteiger partial charge in [0.15, 0.2) is 5.96 Å². The van der Waals surface area contributed by atoms with Crippen LogP contribution in [0.1, 0.15) is 23.7 Å². The minimum atomic E-state index is 0. The Bertz CT molecular complexity index is 754. The largest absolute Gasteiger partial charge is 0.368 e. The molecule has 0 radical (unpaired) electrons. The summed E-state index contributed by atoms with van der Waals surface area (Å²) in [4.78, 5) is 14.1. The van der Waals surface area contributed by atoms with E-state index in [-0.39, 0.29) is 24.0 Å². The number of anilines is 1. The van der Waals surface area contributed by atoms with E-state index >= 15 is 0 Å². The van der Waals surface area contributed by atoms with Crippen molar-refractivity contribution in [2.75, 3.05) is 37.6 Å². The van der Waals surface area contributed by atoms with E-state index in [2.05, 4.69) is 71.2 Å². The minimum absolute atomic E-state index is 0. The molecule has 0 amide bonds. The van der Waals surface area contributed by atoms with Crippen molar-refractivity contribution in [3.63, 3.8) is 0 Å². The maximum absolute atomic E-state index is 4.83. The van der Waals surface area contributed by atoms with Crippen LogP contribution >= 0.6 is 24.0 Å². The van der Waals surface area contributed by atoms with Crippen LogP contribution < -0.4 is 10.2 Å². The van der Waals surface area contributed by atoms with Crippen molar-refractivity contribution in [2.24, 2.45) is 4.99 Å².